The summed E-state index contributed by atoms with van der Waals surface area (Å²) < 4.78 is 7.84. The van der Waals surface area contributed by atoms with Gasteiger partial charge in [-0.25, -0.2) is 14.5 Å². The van der Waals surface area contributed by atoms with Crippen LogP contribution in [0.1, 0.15) is 24.0 Å². The summed E-state index contributed by atoms with van der Waals surface area (Å²) in [6, 6.07) is 26.6. The predicted octanol–water partition coefficient (Wildman–Crippen LogP) is 5.22. The Morgan fingerprint density at radius 1 is 0.833 bits per heavy atom. The first-order valence-corrected chi connectivity index (χ1v) is 12.3. The van der Waals surface area contributed by atoms with Gasteiger partial charge in [0, 0.05) is 17.7 Å². The van der Waals surface area contributed by atoms with Crippen molar-refractivity contribution in [3.05, 3.63) is 96.3 Å². The Morgan fingerprint density at radius 3 is 2.44 bits per heavy atom. The molecule has 0 spiro atoms. The van der Waals surface area contributed by atoms with Gasteiger partial charge in [-0.2, -0.15) is 5.10 Å². The van der Waals surface area contributed by atoms with E-state index < -0.39 is 0 Å². The number of hydrogen-bond acceptors (Lipinski definition) is 6. The van der Waals surface area contributed by atoms with Gasteiger partial charge in [0.15, 0.2) is 11.6 Å². The molecule has 1 aliphatic heterocycles. The van der Waals surface area contributed by atoms with Gasteiger partial charge in [-0.15, -0.1) is 0 Å². The number of ether oxygens (including phenoxy) is 1. The summed E-state index contributed by atoms with van der Waals surface area (Å²) in [5.41, 5.74) is 12.0. The predicted molar refractivity (Wildman–Crippen MR) is 141 cm³/mol. The molecule has 6 rings (SSSR count). The van der Waals surface area contributed by atoms with Crippen molar-refractivity contribution in [2.75, 3.05) is 18.8 Å². The standard InChI is InChI=1S/C29H28N6O/c30-28-27-26(24-9-6-10-25(17-24)36-19-22-7-2-1-3-8-22)33-29(35(27)32-20-31-28)23-13-11-21(12-14-23)18-34-15-4-5-16-34/h1-3,6-14,17,20H,4-5,15-16,18-19H2,(H2,30,31,32). The molecule has 36 heavy (non-hydrogen) atoms. The van der Waals surface area contributed by atoms with Gasteiger partial charge in [0.1, 0.15) is 29.9 Å². The fraction of sp³-hybridized carbons (Fsp3) is 0.207. The molecular formula is C29H28N6O. The average Bonchev–Trinajstić information content (AvgIpc) is 3.58. The summed E-state index contributed by atoms with van der Waals surface area (Å²) >= 11 is 0. The van der Waals surface area contributed by atoms with Crippen LogP contribution in [0.15, 0.2) is 85.2 Å². The Bertz CT molecular complexity index is 1470. The van der Waals surface area contributed by atoms with E-state index in [2.05, 4.69) is 39.2 Å². The summed E-state index contributed by atoms with van der Waals surface area (Å²) in [4.78, 5) is 11.7. The van der Waals surface area contributed by atoms with E-state index in [0.717, 1.165) is 40.5 Å². The fourth-order valence-corrected chi connectivity index (χ4v) is 4.78. The number of anilines is 1. The lowest BCUT2D eigenvalue weighted by molar-refractivity contribution is 0.306. The van der Waals surface area contributed by atoms with Crippen LogP contribution in [-0.4, -0.2) is 37.6 Å². The van der Waals surface area contributed by atoms with Gasteiger partial charge < -0.3 is 10.5 Å². The van der Waals surface area contributed by atoms with Gasteiger partial charge in [-0.05, 0) is 49.2 Å². The van der Waals surface area contributed by atoms with E-state index in [-0.39, 0.29) is 0 Å². The Labute approximate surface area is 210 Å². The summed E-state index contributed by atoms with van der Waals surface area (Å²) in [6.45, 7) is 3.84. The molecule has 0 aliphatic carbocycles. The highest BCUT2D eigenvalue weighted by Gasteiger charge is 2.19. The molecule has 1 aliphatic rings. The maximum Gasteiger partial charge on any atom is 0.162 e. The number of fused-ring (bicyclic) bond motifs is 1. The van der Waals surface area contributed by atoms with Gasteiger partial charge in [0.2, 0.25) is 0 Å². The minimum absolute atomic E-state index is 0.389. The van der Waals surface area contributed by atoms with Gasteiger partial charge in [-0.3, -0.25) is 4.90 Å². The molecule has 0 atom stereocenters. The first kappa shape index (κ1) is 22.2. The van der Waals surface area contributed by atoms with E-state index in [1.54, 1.807) is 4.52 Å². The smallest absolute Gasteiger partial charge is 0.162 e. The van der Waals surface area contributed by atoms with E-state index >= 15 is 0 Å². The third-order valence-corrected chi connectivity index (χ3v) is 6.63. The number of rotatable bonds is 7. The highest BCUT2D eigenvalue weighted by atomic mass is 16.5. The van der Waals surface area contributed by atoms with Crippen molar-refractivity contribution < 1.29 is 4.74 Å². The third-order valence-electron chi connectivity index (χ3n) is 6.63. The number of hydrogen-bond donors (Lipinski definition) is 1. The molecule has 3 aromatic carbocycles. The van der Waals surface area contributed by atoms with Crippen LogP contribution >= 0.6 is 0 Å². The largest absolute Gasteiger partial charge is 0.489 e. The molecular weight excluding hydrogens is 448 g/mol. The molecule has 0 bridgehead atoms. The molecule has 1 saturated heterocycles. The SMILES string of the molecule is Nc1ncnn2c(-c3ccc(CN4CCCC4)cc3)nc(-c3cccc(OCc4ccccc4)c3)c12. The lowest BCUT2D eigenvalue weighted by Crippen LogP contribution is -2.18. The first-order valence-electron chi connectivity index (χ1n) is 12.3. The van der Waals surface area contributed by atoms with Crippen molar-refractivity contribution >= 4 is 11.3 Å². The highest BCUT2D eigenvalue weighted by molar-refractivity contribution is 5.87. The van der Waals surface area contributed by atoms with Crippen molar-refractivity contribution in [2.45, 2.75) is 26.0 Å². The topological polar surface area (TPSA) is 81.6 Å². The van der Waals surface area contributed by atoms with Gasteiger partial charge in [0.05, 0.1) is 0 Å². The highest BCUT2D eigenvalue weighted by Crippen LogP contribution is 2.33. The van der Waals surface area contributed by atoms with Crippen LogP contribution in [0.3, 0.4) is 0 Å². The Kier molecular flexibility index (Phi) is 6.05. The third kappa shape index (κ3) is 4.53. The Hall–Kier alpha value is -4.23. The van der Waals surface area contributed by atoms with Crippen LogP contribution in [0.25, 0.3) is 28.2 Å². The molecule has 3 heterocycles. The van der Waals surface area contributed by atoms with Crippen molar-refractivity contribution in [3.63, 3.8) is 0 Å². The number of nitrogens with two attached hydrogens (primary N) is 1. The molecule has 180 valence electrons. The van der Waals surface area contributed by atoms with Crippen molar-refractivity contribution in [1.82, 2.24) is 24.5 Å². The number of nitrogen functional groups attached to an aromatic ring is 1. The second-order valence-electron chi connectivity index (χ2n) is 9.17. The maximum atomic E-state index is 6.33. The van der Waals surface area contributed by atoms with Crippen LogP contribution in [0.2, 0.25) is 0 Å². The zero-order valence-corrected chi connectivity index (χ0v) is 20.0. The number of benzene rings is 3. The zero-order valence-electron chi connectivity index (χ0n) is 20.0. The van der Waals surface area contributed by atoms with E-state index in [9.17, 15) is 0 Å². The normalized spacial score (nSPS) is 13.9. The molecule has 2 N–H and O–H groups in total. The summed E-state index contributed by atoms with van der Waals surface area (Å²) in [7, 11) is 0. The molecule has 7 heteroatoms. The van der Waals surface area contributed by atoms with Crippen molar-refractivity contribution in [2.24, 2.45) is 0 Å². The number of aromatic nitrogens is 4. The second kappa shape index (κ2) is 9.79. The summed E-state index contributed by atoms with van der Waals surface area (Å²) in [6.07, 6.45) is 4.06. The first-order chi connectivity index (χ1) is 17.7. The van der Waals surface area contributed by atoms with Crippen molar-refractivity contribution in [3.8, 4) is 28.4 Å². The second-order valence-corrected chi connectivity index (χ2v) is 9.17. The number of likely N-dealkylation sites (tertiary alicyclic amines) is 1. The van der Waals surface area contributed by atoms with Gasteiger partial charge in [-0.1, -0.05) is 66.7 Å². The van der Waals surface area contributed by atoms with Gasteiger partial charge in [0.25, 0.3) is 0 Å². The monoisotopic (exact) mass is 476 g/mol. The zero-order chi connectivity index (χ0) is 24.3. The fourth-order valence-electron chi connectivity index (χ4n) is 4.78. The molecule has 0 unspecified atom stereocenters. The maximum absolute atomic E-state index is 6.33. The quantitative estimate of drug-likeness (QED) is 0.347. The van der Waals surface area contributed by atoms with E-state index in [1.165, 1.54) is 37.8 Å². The molecule has 0 saturated carbocycles. The average molecular weight is 477 g/mol. The molecule has 5 aromatic rings. The lowest BCUT2D eigenvalue weighted by atomic mass is 10.1. The Morgan fingerprint density at radius 2 is 1.64 bits per heavy atom. The van der Waals surface area contributed by atoms with Crippen molar-refractivity contribution in [1.29, 1.82) is 0 Å². The molecule has 1 fully saturated rings. The Balaban J connectivity index is 1.32. The summed E-state index contributed by atoms with van der Waals surface area (Å²) in [5.74, 6) is 1.89. The number of nitrogens with zero attached hydrogens (tertiary/aromatic N) is 5. The molecule has 2 aromatic heterocycles. The number of imidazole rings is 1. The molecule has 0 amide bonds. The summed E-state index contributed by atoms with van der Waals surface area (Å²) in [5, 5.41) is 4.49. The molecule has 7 nitrogen and oxygen atoms in total. The van der Waals surface area contributed by atoms with Crippen LogP contribution in [0, 0.1) is 0 Å². The van der Waals surface area contributed by atoms with E-state index in [4.69, 9.17) is 15.5 Å². The van der Waals surface area contributed by atoms with E-state index in [0.29, 0.717) is 17.9 Å². The lowest BCUT2D eigenvalue weighted by Gasteiger charge is -2.14. The molecule has 0 radical (unpaired) electrons. The minimum atomic E-state index is 0.389. The van der Waals surface area contributed by atoms with Crippen LogP contribution < -0.4 is 10.5 Å². The van der Waals surface area contributed by atoms with Crippen LogP contribution in [-0.2, 0) is 13.2 Å². The van der Waals surface area contributed by atoms with Crippen LogP contribution in [0.5, 0.6) is 5.75 Å². The van der Waals surface area contributed by atoms with Crippen LogP contribution in [0.4, 0.5) is 5.82 Å². The van der Waals surface area contributed by atoms with E-state index in [1.807, 2.05) is 54.6 Å². The van der Waals surface area contributed by atoms with Gasteiger partial charge >= 0.3 is 0 Å². The minimum Gasteiger partial charge on any atom is -0.489 e.